The van der Waals surface area contributed by atoms with Crippen LogP contribution in [0.25, 0.3) is 0 Å². The summed E-state index contributed by atoms with van der Waals surface area (Å²) in [5, 5.41) is 12.4. The highest BCUT2D eigenvalue weighted by molar-refractivity contribution is 5.89. The van der Waals surface area contributed by atoms with Gasteiger partial charge in [0.05, 0.1) is 16.7 Å². The molecule has 0 aromatic heterocycles. The van der Waals surface area contributed by atoms with Crippen molar-refractivity contribution in [2.24, 2.45) is 0 Å². The third-order valence-electron chi connectivity index (χ3n) is 7.74. The minimum absolute atomic E-state index is 0.102. The minimum Gasteiger partial charge on any atom is -0.489 e. The van der Waals surface area contributed by atoms with Crippen LogP contribution in [0, 0.1) is 0 Å². The van der Waals surface area contributed by atoms with E-state index in [2.05, 4.69) is 10.2 Å². The van der Waals surface area contributed by atoms with Gasteiger partial charge in [0.15, 0.2) is 0 Å². The zero-order valence-electron chi connectivity index (χ0n) is 20.2. The van der Waals surface area contributed by atoms with Crippen LogP contribution in [-0.2, 0) is 21.2 Å². The van der Waals surface area contributed by atoms with Crippen LogP contribution in [0.2, 0.25) is 0 Å². The Kier molecular flexibility index (Phi) is 6.66. The normalized spacial score (nSPS) is 22.8. The van der Waals surface area contributed by atoms with E-state index in [0.29, 0.717) is 45.6 Å². The number of likely N-dealkylation sites (tertiary alicyclic amines) is 1. The number of amides is 1. The standard InChI is InChI=1S/C27H29F3N2O5/c28-27(29,30)20-2-1-3-21(16-20)37-22-8-13-32(17-22)26(11-14-36-15-12-26)24(35)31-25(9-10-25)19-6-4-18(5-7-19)23(33)34/h1-7,16,22H,8-15,17H2,(H,31,35)(H,33,34)/t22-/m1/s1. The SMILES string of the molecule is O=C(O)c1ccc(C2(NC(=O)C3(N4CC[C@@H](Oc5cccc(C(F)(F)F)c5)C4)CCOCC3)CC2)cc1. The number of carboxylic acids is 1. The number of hydrogen-bond acceptors (Lipinski definition) is 5. The molecule has 0 bridgehead atoms. The predicted molar refractivity (Wildman–Crippen MR) is 127 cm³/mol. The van der Waals surface area contributed by atoms with Crippen molar-refractivity contribution in [2.45, 2.75) is 55.5 Å². The van der Waals surface area contributed by atoms with Gasteiger partial charge in [0.25, 0.3) is 0 Å². The molecule has 2 saturated heterocycles. The molecule has 2 N–H and O–H groups in total. The summed E-state index contributed by atoms with van der Waals surface area (Å²) in [4.78, 5) is 27.2. The van der Waals surface area contributed by atoms with Crippen molar-refractivity contribution in [3.63, 3.8) is 0 Å². The van der Waals surface area contributed by atoms with Crippen LogP contribution in [0.5, 0.6) is 5.75 Å². The van der Waals surface area contributed by atoms with E-state index in [1.54, 1.807) is 24.3 Å². The van der Waals surface area contributed by atoms with Gasteiger partial charge in [-0.15, -0.1) is 0 Å². The lowest BCUT2D eigenvalue weighted by Crippen LogP contribution is -2.62. The van der Waals surface area contributed by atoms with Crippen LogP contribution in [0.15, 0.2) is 48.5 Å². The molecule has 1 atom stereocenters. The molecule has 2 aliphatic heterocycles. The summed E-state index contributed by atoms with van der Waals surface area (Å²) >= 11 is 0. The smallest absolute Gasteiger partial charge is 0.416 e. The lowest BCUT2D eigenvalue weighted by molar-refractivity contribution is -0.141. The van der Waals surface area contributed by atoms with E-state index in [-0.39, 0.29) is 23.3 Å². The third-order valence-corrected chi connectivity index (χ3v) is 7.74. The highest BCUT2D eigenvalue weighted by Crippen LogP contribution is 2.47. The molecular formula is C27H29F3N2O5. The molecular weight excluding hydrogens is 489 g/mol. The molecule has 1 aliphatic carbocycles. The maximum absolute atomic E-state index is 13.9. The van der Waals surface area contributed by atoms with Crippen molar-refractivity contribution in [1.82, 2.24) is 10.2 Å². The first-order valence-corrected chi connectivity index (χ1v) is 12.4. The number of carboxylic acid groups (broad SMARTS) is 1. The van der Waals surface area contributed by atoms with E-state index in [4.69, 9.17) is 9.47 Å². The molecule has 3 aliphatic rings. The third kappa shape index (κ3) is 5.17. The Bertz CT molecular complexity index is 1160. The summed E-state index contributed by atoms with van der Waals surface area (Å²) in [5.41, 5.74) is -1.02. The summed E-state index contributed by atoms with van der Waals surface area (Å²) in [6.07, 6.45) is -1.66. The van der Waals surface area contributed by atoms with Gasteiger partial charge >= 0.3 is 12.1 Å². The highest BCUT2D eigenvalue weighted by atomic mass is 19.4. The highest BCUT2D eigenvalue weighted by Gasteiger charge is 2.53. The number of carbonyl (C=O) groups excluding carboxylic acids is 1. The number of halogens is 3. The summed E-state index contributed by atoms with van der Waals surface area (Å²) in [6.45, 7) is 1.87. The van der Waals surface area contributed by atoms with E-state index in [0.717, 1.165) is 30.5 Å². The molecule has 0 radical (unpaired) electrons. The summed E-state index contributed by atoms with van der Waals surface area (Å²) < 4.78 is 50.8. The molecule has 1 saturated carbocycles. The molecule has 7 nitrogen and oxygen atoms in total. The number of benzene rings is 2. The van der Waals surface area contributed by atoms with E-state index in [9.17, 15) is 27.9 Å². The van der Waals surface area contributed by atoms with Crippen molar-refractivity contribution in [1.29, 1.82) is 0 Å². The molecule has 37 heavy (non-hydrogen) atoms. The number of nitrogens with zero attached hydrogens (tertiary/aromatic N) is 1. The Hall–Kier alpha value is -3.11. The van der Waals surface area contributed by atoms with E-state index in [1.807, 2.05) is 0 Å². The molecule has 5 rings (SSSR count). The maximum atomic E-state index is 13.9. The zero-order valence-corrected chi connectivity index (χ0v) is 20.2. The van der Waals surface area contributed by atoms with Gasteiger partial charge in [-0.3, -0.25) is 9.69 Å². The predicted octanol–water partition coefficient (Wildman–Crippen LogP) is 4.21. The van der Waals surface area contributed by atoms with Gasteiger partial charge in [-0.25, -0.2) is 4.79 Å². The molecule has 2 aromatic rings. The van der Waals surface area contributed by atoms with Gasteiger partial charge in [-0.2, -0.15) is 13.2 Å². The van der Waals surface area contributed by atoms with E-state index < -0.39 is 28.8 Å². The van der Waals surface area contributed by atoms with Crippen molar-refractivity contribution < 1.29 is 37.3 Å². The zero-order chi connectivity index (χ0) is 26.3. The first kappa shape index (κ1) is 25.5. The number of alkyl halides is 3. The lowest BCUT2D eigenvalue weighted by Gasteiger charge is -2.43. The quantitative estimate of drug-likeness (QED) is 0.571. The second-order valence-corrected chi connectivity index (χ2v) is 10.1. The minimum atomic E-state index is -4.45. The van der Waals surface area contributed by atoms with Crippen LogP contribution >= 0.6 is 0 Å². The largest absolute Gasteiger partial charge is 0.489 e. The Morgan fingerprint density at radius 1 is 1.05 bits per heavy atom. The van der Waals surface area contributed by atoms with Crippen LogP contribution in [0.4, 0.5) is 13.2 Å². The van der Waals surface area contributed by atoms with Gasteiger partial charge in [0, 0.05) is 26.3 Å². The molecule has 10 heteroatoms. The average Bonchev–Trinajstić information content (AvgIpc) is 3.51. The Labute approximate surface area is 212 Å². The summed E-state index contributed by atoms with van der Waals surface area (Å²) in [6, 6.07) is 11.5. The molecule has 2 aromatic carbocycles. The lowest BCUT2D eigenvalue weighted by atomic mass is 9.86. The van der Waals surface area contributed by atoms with E-state index >= 15 is 0 Å². The Balaban J connectivity index is 1.30. The van der Waals surface area contributed by atoms with Gasteiger partial charge < -0.3 is 19.9 Å². The fourth-order valence-corrected chi connectivity index (χ4v) is 5.42. The van der Waals surface area contributed by atoms with Crippen molar-refractivity contribution in [3.8, 4) is 5.75 Å². The monoisotopic (exact) mass is 518 g/mol. The first-order valence-electron chi connectivity index (χ1n) is 12.4. The second kappa shape index (κ2) is 9.64. The molecule has 1 amide bonds. The molecule has 0 spiro atoms. The number of nitrogens with one attached hydrogen (secondary N) is 1. The number of ether oxygens (including phenoxy) is 2. The van der Waals surface area contributed by atoms with Gasteiger partial charge in [-0.1, -0.05) is 18.2 Å². The fraction of sp³-hybridized carbons (Fsp3) is 0.481. The topological polar surface area (TPSA) is 88.1 Å². The van der Waals surface area contributed by atoms with Gasteiger partial charge in [-0.05, 0) is 68.0 Å². The maximum Gasteiger partial charge on any atom is 0.416 e. The van der Waals surface area contributed by atoms with Crippen molar-refractivity contribution >= 4 is 11.9 Å². The molecule has 3 fully saturated rings. The number of rotatable bonds is 7. The van der Waals surface area contributed by atoms with Crippen LogP contribution in [-0.4, -0.2) is 59.8 Å². The van der Waals surface area contributed by atoms with Gasteiger partial charge in [0.2, 0.25) is 5.91 Å². The van der Waals surface area contributed by atoms with Crippen molar-refractivity contribution in [3.05, 3.63) is 65.2 Å². The fourth-order valence-electron chi connectivity index (χ4n) is 5.42. The van der Waals surface area contributed by atoms with Crippen LogP contribution in [0.1, 0.15) is 53.6 Å². The molecule has 2 heterocycles. The summed E-state index contributed by atoms with van der Waals surface area (Å²) in [7, 11) is 0. The molecule has 198 valence electrons. The van der Waals surface area contributed by atoms with E-state index in [1.165, 1.54) is 12.1 Å². The second-order valence-electron chi connectivity index (χ2n) is 10.1. The van der Waals surface area contributed by atoms with Crippen molar-refractivity contribution in [2.75, 3.05) is 26.3 Å². The Morgan fingerprint density at radius 2 is 1.76 bits per heavy atom. The summed E-state index contributed by atoms with van der Waals surface area (Å²) in [5.74, 6) is -0.943. The molecule has 0 unspecified atom stereocenters. The van der Waals surface area contributed by atoms with Gasteiger partial charge in [0.1, 0.15) is 17.4 Å². The number of carbonyl (C=O) groups is 2. The average molecular weight is 519 g/mol. The van der Waals surface area contributed by atoms with Crippen LogP contribution in [0.3, 0.4) is 0 Å². The first-order chi connectivity index (χ1) is 17.6. The number of aromatic carboxylic acids is 1. The van der Waals surface area contributed by atoms with Crippen LogP contribution < -0.4 is 10.1 Å². The Morgan fingerprint density at radius 3 is 2.38 bits per heavy atom. The number of hydrogen-bond donors (Lipinski definition) is 2.